The molecule has 0 bridgehead atoms. The molecule has 0 N–H and O–H groups in total. The largest absolute Gasteiger partial charge is 0.497 e. The highest BCUT2D eigenvalue weighted by atomic mass is 79.9. The minimum absolute atomic E-state index is 0.289. The van der Waals surface area contributed by atoms with E-state index in [9.17, 15) is 9.59 Å². The Balaban J connectivity index is 2.08. The number of esters is 1. The lowest BCUT2D eigenvalue weighted by molar-refractivity contribution is 0.0472. The van der Waals surface area contributed by atoms with Gasteiger partial charge in [-0.1, -0.05) is 12.1 Å². The van der Waals surface area contributed by atoms with E-state index in [1.54, 1.807) is 42.5 Å². The topological polar surface area (TPSA) is 61.8 Å². The Morgan fingerprint density at radius 3 is 2.43 bits per heavy atom. The van der Waals surface area contributed by atoms with Gasteiger partial charge in [-0.2, -0.15) is 0 Å². The summed E-state index contributed by atoms with van der Waals surface area (Å²) >= 11 is 3.27. The van der Waals surface area contributed by atoms with Gasteiger partial charge in [0.15, 0.2) is 6.61 Å². The van der Waals surface area contributed by atoms with Crippen LogP contribution in [0.15, 0.2) is 46.9 Å². The van der Waals surface area contributed by atoms with Gasteiger partial charge in [-0.15, -0.1) is 0 Å². The monoisotopic (exact) mass is 378 g/mol. The van der Waals surface area contributed by atoms with Crippen LogP contribution in [0.2, 0.25) is 0 Å². The van der Waals surface area contributed by atoms with Crippen LogP contribution in [0.4, 0.5) is 0 Å². The van der Waals surface area contributed by atoms with Gasteiger partial charge in [-0.3, -0.25) is 4.79 Å². The molecule has 23 heavy (non-hydrogen) atoms. The highest BCUT2D eigenvalue weighted by molar-refractivity contribution is 9.10. The van der Waals surface area contributed by atoms with Gasteiger partial charge in [0, 0.05) is 4.47 Å². The third-order valence-corrected chi connectivity index (χ3v) is 3.83. The number of ether oxygens (including phenoxy) is 3. The number of rotatable bonds is 6. The average Bonchev–Trinajstić information content (AvgIpc) is 2.59. The van der Waals surface area contributed by atoms with E-state index in [1.165, 1.54) is 14.2 Å². The summed E-state index contributed by atoms with van der Waals surface area (Å²) in [6, 6.07) is 11.7. The molecule has 0 amide bonds. The molecule has 6 heteroatoms. The van der Waals surface area contributed by atoms with Crippen molar-refractivity contribution in [1.29, 1.82) is 0 Å². The number of methoxy groups -OCH3 is 2. The maximum absolute atomic E-state index is 12.2. The number of carbonyl (C=O) groups excluding carboxylic acids is 2. The van der Waals surface area contributed by atoms with E-state index in [1.807, 2.05) is 0 Å². The summed E-state index contributed by atoms with van der Waals surface area (Å²) in [6.45, 7) is -0.372. The van der Waals surface area contributed by atoms with E-state index in [0.29, 0.717) is 21.5 Å². The van der Waals surface area contributed by atoms with Gasteiger partial charge >= 0.3 is 5.97 Å². The minimum atomic E-state index is -0.612. The number of hydrogen-bond acceptors (Lipinski definition) is 5. The minimum Gasteiger partial charge on any atom is -0.497 e. The molecule has 0 aromatic heterocycles. The molecule has 0 aliphatic rings. The summed E-state index contributed by atoms with van der Waals surface area (Å²) in [6.07, 6.45) is 0. The molecule has 2 rings (SSSR count). The Labute approximate surface area is 142 Å². The normalized spacial score (nSPS) is 10.0. The fourth-order valence-corrected chi connectivity index (χ4v) is 2.36. The van der Waals surface area contributed by atoms with E-state index in [-0.39, 0.29) is 18.0 Å². The number of halogens is 1. The number of benzene rings is 2. The molecule has 120 valence electrons. The van der Waals surface area contributed by atoms with Gasteiger partial charge in [-0.25, -0.2) is 4.79 Å². The summed E-state index contributed by atoms with van der Waals surface area (Å²) in [5.74, 6) is 0.0150. The predicted octanol–water partition coefficient (Wildman–Crippen LogP) is 3.51. The lowest BCUT2D eigenvalue weighted by Crippen LogP contribution is -2.15. The molecule has 5 nitrogen and oxygen atoms in total. The lowest BCUT2D eigenvalue weighted by Gasteiger charge is -2.09. The Kier molecular flexibility index (Phi) is 5.76. The maximum Gasteiger partial charge on any atom is 0.339 e. The van der Waals surface area contributed by atoms with Crippen molar-refractivity contribution < 1.29 is 23.8 Å². The number of carbonyl (C=O) groups is 2. The van der Waals surface area contributed by atoms with Crippen LogP contribution in [0.25, 0.3) is 0 Å². The van der Waals surface area contributed by atoms with Crippen LogP contribution >= 0.6 is 15.9 Å². The third-order valence-electron chi connectivity index (χ3n) is 3.14. The summed E-state index contributed by atoms with van der Waals surface area (Å²) in [4.78, 5) is 24.3. The van der Waals surface area contributed by atoms with Gasteiger partial charge in [0.05, 0.1) is 25.3 Å². The molecule has 2 aromatic carbocycles. The fourth-order valence-electron chi connectivity index (χ4n) is 1.95. The van der Waals surface area contributed by atoms with Crippen molar-refractivity contribution in [3.8, 4) is 11.5 Å². The first-order chi connectivity index (χ1) is 11.1. The molecular formula is C17H15BrO5. The van der Waals surface area contributed by atoms with Gasteiger partial charge in [0.2, 0.25) is 5.78 Å². The van der Waals surface area contributed by atoms with Crippen LogP contribution in [0.1, 0.15) is 20.7 Å². The second-order valence-electron chi connectivity index (χ2n) is 4.55. The average molecular weight is 379 g/mol. The SMILES string of the molecule is COc1ccc(Br)c(C(=O)OCC(=O)c2ccccc2OC)c1. The Hall–Kier alpha value is -2.34. The fraction of sp³-hybridized carbons (Fsp3) is 0.176. The number of Topliss-reactive ketones (excluding diaryl/α,β-unsaturated/α-hetero) is 1. The Bertz CT molecular complexity index is 727. The molecule has 0 atom stereocenters. The van der Waals surface area contributed by atoms with Crippen molar-refractivity contribution in [3.63, 3.8) is 0 Å². The second-order valence-corrected chi connectivity index (χ2v) is 5.40. The van der Waals surface area contributed by atoms with Crippen LogP contribution in [-0.2, 0) is 4.74 Å². The smallest absolute Gasteiger partial charge is 0.339 e. The van der Waals surface area contributed by atoms with Crippen molar-refractivity contribution >= 4 is 27.7 Å². The number of para-hydroxylation sites is 1. The molecule has 0 saturated heterocycles. The molecule has 0 aliphatic carbocycles. The van der Waals surface area contributed by atoms with E-state index in [4.69, 9.17) is 14.2 Å². The van der Waals surface area contributed by atoms with Gasteiger partial charge in [0.25, 0.3) is 0 Å². The highest BCUT2D eigenvalue weighted by Crippen LogP contribution is 2.23. The lowest BCUT2D eigenvalue weighted by atomic mass is 10.1. The van der Waals surface area contributed by atoms with Crippen LogP contribution < -0.4 is 9.47 Å². The summed E-state index contributed by atoms with van der Waals surface area (Å²) in [5, 5.41) is 0. The zero-order valence-electron chi connectivity index (χ0n) is 12.7. The Morgan fingerprint density at radius 2 is 1.74 bits per heavy atom. The zero-order chi connectivity index (χ0) is 16.8. The molecule has 0 heterocycles. The number of ketones is 1. The first-order valence-electron chi connectivity index (χ1n) is 6.73. The third kappa shape index (κ3) is 4.10. The standard InChI is InChI=1S/C17H15BrO5/c1-21-11-7-8-14(18)13(9-11)17(20)23-10-15(19)12-5-3-4-6-16(12)22-2/h3-9H,10H2,1-2H3. The zero-order valence-corrected chi connectivity index (χ0v) is 14.3. The molecular weight excluding hydrogens is 364 g/mol. The van der Waals surface area contributed by atoms with Crippen LogP contribution in [-0.4, -0.2) is 32.6 Å². The number of hydrogen-bond donors (Lipinski definition) is 0. The summed E-state index contributed by atoms with van der Waals surface area (Å²) < 4.78 is 15.9. The van der Waals surface area contributed by atoms with Crippen molar-refractivity contribution in [3.05, 3.63) is 58.1 Å². The molecule has 2 aromatic rings. The molecule has 0 fully saturated rings. The Morgan fingerprint density at radius 1 is 1.00 bits per heavy atom. The maximum atomic E-state index is 12.2. The van der Waals surface area contributed by atoms with Gasteiger partial charge in [-0.05, 0) is 46.3 Å². The van der Waals surface area contributed by atoms with Crippen LogP contribution in [0.5, 0.6) is 11.5 Å². The van der Waals surface area contributed by atoms with E-state index in [2.05, 4.69) is 15.9 Å². The van der Waals surface area contributed by atoms with E-state index >= 15 is 0 Å². The summed E-state index contributed by atoms with van der Waals surface area (Å²) in [7, 11) is 2.98. The predicted molar refractivity (Wildman–Crippen MR) is 88.3 cm³/mol. The first kappa shape index (κ1) is 17.0. The van der Waals surface area contributed by atoms with Gasteiger partial charge in [0.1, 0.15) is 11.5 Å². The summed E-state index contributed by atoms with van der Waals surface area (Å²) in [5.41, 5.74) is 0.657. The van der Waals surface area contributed by atoms with E-state index in [0.717, 1.165) is 0 Å². The van der Waals surface area contributed by atoms with Crippen molar-refractivity contribution in [2.45, 2.75) is 0 Å². The second kappa shape index (κ2) is 7.78. The molecule has 0 radical (unpaired) electrons. The molecule has 0 saturated carbocycles. The molecule has 0 spiro atoms. The van der Waals surface area contributed by atoms with E-state index < -0.39 is 5.97 Å². The quantitative estimate of drug-likeness (QED) is 0.568. The molecule has 0 aliphatic heterocycles. The molecule has 0 unspecified atom stereocenters. The van der Waals surface area contributed by atoms with Crippen LogP contribution in [0.3, 0.4) is 0 Å². The van der Waals surface area contributed by atoms with Crippen molar-refractivity contribution in [1.82, 2.24) is 0 Å². The van der Waals surface area contributed by atoms with Crippen molar-refractivity contribution in [2.24, 2.45) is 0 Å². The van der Waals surface area contributed by atoms with Gasteiger partial charge < -0.3 is 14.2 Å². The van der Waals surface area contributed by atoms with Crippen LogP contribution in [0, 0.1) is 0 Å². The van der Waals surface area contributed by atoms with Crippen molar-refractivity contribution in [2.75, 3.05) is 20.8 Å². The highest BCUT2D eigenvalue weighted by Gasteiger charge is 2.17. The first-order valence-corrected chi connectivity index (χ1v) is 7.53.